The molecule has 3 N–H and O–H groups in total. The third-order valence-electron chi connectivity index (χ3n) is 5.76. The number of urea groups is 1. The summed E-state index contributed by atoms with van der Waals surface area (Å²) in [6, 6.07) is 12.8. The van der Waals surface area contributed by atoms with E-state index in [0.29, 0.717) is 25.2 Å². The molecule has 1 aromatic heterocycles. The smallest absolute Gasteiger partial charge is 0.319 e. The Morgan fingerprint density at radius 3 is 2.59 bits per heavy atom. The van der Waals surface area contributed by atoms with E-state index < -0.39 is 12.1 Å². The number of aromatic nitrogens is 1. The van der Waals surface area contributed by atoms with E-state index in [2.05, 4.69) is 15.6 Å². The van der Waals surface area contributed by atoms with Crippen molar-refractivity contribution in [2.24, 2.45) is 5.92 Å². The van der Waals surface area contributed by atoms with Crippen LogP contribution in [-0.4, -0.2) is 41.0 Å². The number of nitrogens with one attached hydrogen (secondary N) is 3. The number of aromatic amines is 1. The van der Waals surface area contributed by atoms with Crippen molar-refractivity contribution in [1.82, 2.24) is 15.2 Å². The number of carbonyl (C=O) groups is 2. The average Bonchev–Trinajstić information content (AvgIpc) is 3.20. The first-order valence-corrected chi connectivity index (χ1v) is 10.8. The molecule has 2 heterocycles. The lowest BCUT2D eigenvalue weighted by Gasteiger charge is -2.32. The number of amides is 3. The lowest BCUT2D eigenvalue weighted by Crippen LogP contribution is -2.53. The minimum absolute atomic E-state index is 0.0575. The van der Waals surface area contributed by atoms with Gasteiger partial charge in [-0.2, -0.15) is 0 Å². The summed E-state index contributed by atoms with van der Waals surface area (Å²) in [5, 5.41) is 6.57. The highest BCUT2D eigenvalue weighted by Gasteiger charge is 2.30. The summed E-state index contributed by atoms with van der Waals surface area (Å²) in [5.41, 5.74) is 3.59. The van der Waals surface area contributed by atoms with Crippen LogP contribution in [0.5, 0.6) is 0 Å². The average molecular weight is 435 g/mol. The zero-order chi connectivity index (χ0) is 22.7. The van der Waals surface area contributed by atoms with E-state index in [4.69, 9.17) is 0 Å². The van der Waals surface area contributed by atoms with Gasteiger partial charge in [0.2, 0.25) is 5.91 Å². The standard InChI is InChI=1S/C25H27FN4O2/c1-16(2)23(29-25(32)28-19-6-4-3-5-7-19)24(31)30-12-10-17(11-13-30)21-15-27-22-14-18(26)8-9-20(21)22/h3-10,14-16,23,27H,11-13H2,1-2H3,(H2,28,29,32). The molecule has 3 amide bonds. The fourth-order valence-electron chi connectivity index (χ4n) is 4.02. The van der Waals surface area contributed by atoms with E-state index in [9.17, 15) is 14.0 Å². The molecule has 7 heteroatoms. The summed E-state index contributed by atoms with van der Waals surface area (Å²) >= 11 is 0. The van der Waals surface area contributed by atoms with Crippen molar-refractivity contribution in [3.8, 4) is 0 Å². The Morgan fingerprint density at radius 1 is 1.12 bits per heavy atom. The second-order valence-electron chi connectivity index (χ2n) is 8.34. The van der Waals surface area contributed by atoms with Gasteiger partial charge in [0, 0.05) is 41.4 Å². The highest BCUT2D eigenvalue weighted by Crippen LogP contribution is 2.30. The van der Waals surface area contributed by atoms with E-state index >= 15 is 0 Å². The number of hydrogen-bond donors (Lipinski definition) is 3. The molecule has 32 heavy (non-hydrogen) atoms. The predicted molar refractivity (Wildman–Crippen MR) is 125 cm³/mol. The van der Waals surface area contributed by atoms with E-state index in [1.807, 2.05) is 44.3 Å². The van der Waals surface area contributed by atoms with Gasteiger partial charge in [0.15, 0.2) is 0 Å². The van der Waals surface area contributed by atoms with Gasteiger partial charge in [-0.15, -0.1) is 0 Å². The molecule has 1 aliphatic rings. The molecule has 4 rings (SSSR count). The number of H-pyrrole nitrogens is 1. The van der Waals surface area contributed by atoms with E-state index in [1.165, 1.54) is 12.1 Å². The molecule has 0 saturated carbocycles. The summed E-state index contributed by atoms with van der Waals surface area (Å²) in [4.78, 5) is 30.5. The lowest BCUT2D eigenvalue weighted by molar-refractivity contribution is -0.133. The molecule has 0 radical (unpaired) electrons. The van der Waals surface area contributed by atoms with Gasteiger partial charge in [0.1, 0.15) is 11.9 Å². The zero-order valence-electron chi connectivity index (χ0n) is 18.2. The molecule has 1 unspecified atom stereocenters. The van der Waals surface area contributed by atoms with Crippen LogP contribution < -0.4 is 10.6 Å². The van der Waals surface area contributed by atoms with Crippen molar-refractivity contribution in [3.63, 3.8) is 0 Å². The topological polar surface area (TPSA) is 77.2 Å². The quantitative estimate of drug-likeness (QED) is 0.541. The second-order valence-corrected chi connectivity index (χ2v) is 8.34. The van der Waals surface area contributed by atoms with Crippen LogP contribution in [0, 0.1) is 11.7 Å². The highest BCUT2D eigenvalue weighted by atomic mass is 19.1. The first-order chi connectivity index (χ1) is 15.4. The summed E-state index contributed by atoms with van der Waals surface area (Å²) in [7, 11) is 0. The molecule has 1 atom stereocenters. The van der Waals surface area contributed by atoms with Crippen molar-refractivity contribution in [2.45, 2.75) is 26.3 Å². The molecule has 0 saturated heterocycles. The molecule has 0 bridgehead atoms. The number of fused-ring (bicyclic) bond motifs is 1. The molecule has 0 spiro atoms. The SMILES string of the molecule is CC(C)C(NC(=O)Nc1ccccc1)C(=O)N1CC=C(c2c[nH]c3cc(F)ccc23)CC1. The van der Waals surface area contributed by atoms with E-state index in [0.717, 1.165) is 22.0 Å². The molecular formula is C25H27FN4O2. The summed E-state index contributed by atoms with van der Waals surface area (Å²) < 4.78 is 13.5. The number of carbonyl (C=O) groups excluding carboxylic acids is 2. The van der Waals surface area contributed by atoms with Crippen LogP contribution in [-0.2, 0) is 4.79 Å². The van der Waals surface area contributed by atoms with Crippen LogP contribution in [0.25, 0.3) is 16.5 Å². The highest BCUT2D eigenvalue weighted by molar-refractivity contribution is 5.95. The Kier molecular flexibility index (Phi) is 6.25. The third kappa shape index (κ3) is 4.66. The van der Waals surface area contributed by atoms with Gasteiger partial charge in [-0.3, -0.25) is 4.79 Å². The lowest BCUT2D eigenvalue weighted by atomic mass is 9.97. The van der Waals surface area contributed by atoms with Crippen LogP contribution >= 0.6 is 0 Å². The van der Waals surface area contributed by atoms with E-state index in [1.54, 1.807) is 23.1 Å². The van der Waals surface area contributed by atoms with Crippen LogP contribution in [0.4, 0.5) is 14.9 Å². The number of benzene rings is 2. The third-order valence-corrected chi connectivity index (χ3v) is 5.76. The molecule has 2 aromatic carbocycles. The Bertz CT molecular complexity index is 1150. The summed E-state index contributed by atoms with van der Waals surface area (Å²) in [6.07, 6.45) is 4.62. The van der Waals surface area contributed by atoms with Crippen molar-refractivity contribution in [3.05, 3.63) is 72.2 Å². The van der Waals surface area contributed by atoms with Crippen molar-refractivity contribution >= 4 is 34.1 Å². The molecule has 3 aromatic rings. The Morgan fingerprint density at radius 2 is 1.91 bits per heavy atom. The van der Waals surface area contributed by atoms with Crippen LogP contribution in [0.15, 0.2) is 60.8 Å². The molecule has 1 aliphatic heterocycles. The number of halogens is 1. The first-order valence-electron chi connectivity index (χ1n) is 10.8. The van der Waals surface area contributed by atoms with Crippen molar-refractivity contribution in [2.75, 3.05) is 18.4 Å². The molecular weight excluding hydrogens is 407 g/mol. The van der Waals surface area contributed by atoms with Gasteiger partial charge >= 0.3 is 6.03 Å². The number of para-hydroxylation sites is 1. The zero-order valence-corrected chi connectivity index (χ0v) is 18.2. The summed E-state index contributed by atoms with van der Waals surface area (Å²) in [5.74, 6) is -0.429. The largest absolute Gasteiger partial charge is 0.360 e. The van der Waals surface area contributed by atoms with Gasteiger partial charge < -0.3 is 20.5 Å². The molecule has 6 nitrogen and oxygen atoms in total. The van der Waals surface area contributed by atoms with Crippen LogP contribution in [0.2, 0.25) is 0 Å². The maximum Gasteiger partial charge on any atom is 0.319 e. The van der Waals surface area contributed by atoms with Crippen LogP contribution in [0.1, 0.15) is 25.8 Å². The minimum atomic E-state index is -0.621. The maximum absolute atomic E-state index is 13.5. The molecule has 0 aliphatic carbocycles. The monoisotopic (exact) mass is 434 g/mol. The van der Waals surface area contributed by atoms with Gasteiger partial charge in [-0.25, -0.2) is 9.18 Å². The Balaban J connectivity index is 1.43. The van der Waals surface area contributed by atoms with Crippen molar-refractivity contribution < 1.29 is 14.0 Å². The normalized spacial score (nSPS) is 14.9. The second kappa shape index (κ2) is 9.26. The van der Waals surface area contributed by atoms with Crippen molar-refractivity contribution in [1.29, 1.82) is 0 Å². The predicted octanol–water partition coefficient (Wildman–Crippen LogP) is 4.77. The summed E-state index contributed by atoms with van der Waals surface area (Å²) in [6.45, 7) is 4.86. The van der Waals surface area contributed by atoms with Gasteiger partial charge in [0.05, 0.1) is 0 Å². The van der Waals surface area contributed by atoms with Gasteiger partial charge in [-0.05, 0) is 48.2 Å². The number of hydrogen-bond acceptors (Lipinski definition) is 2. The minimum Gasteiger partial charge on any atom is -0.360 e. The Hall–Kier alpha value is -3.61. The fraction of sp³-hybridized carbons (Fsp3) is 0.280. The van der Waals surface area contributed by atoms with E-state index in [-0.39, 0.29) is 17.6 Å². The molecule has 166 valence electrons. The number of anilines is 1. The Labute approximate surface area is 186 Å². The van der Waals surface area contributed by atoms with Gasteiger partial charge in [-0.1, -0.05) is 38.1 Å². The molecule has 0 fully saturated rings. The number of rotatable bonds is 5. The first kappa shape index (κ1) is 21.6. The number of nitrogens with zero attached hydrogens (tertiary/aromatic N) is 1. The van der Waals surface area contributed by atoms with Gasteiger partial charge in [0.25, 0.3) is 0 Å². The van der Waals surface area contributed by atoms with Crippen LogP contribution in [0.3, 0.4) is 0 Å². The maximum atomic E-state index is 13.5. The fourth-order valence-corrected chi connectivity index (χ4v) is 4.02.